The molecule has 8 heteroatoms. The maximum atomic E-state index is 12.3. The van der Waals surface area contributed by atoms with Crippen LogP contribution in [-0.4, -0.2) is 42.5 Å². The van der Waals surface area contributed by atoms with Crippen molar-refractivity contribution in [3.63, 3.8) is 0 Å². The molecule has 0 spiro atoms. The molecule has 0 aromatic carbocycles. The van der Waals surface area contributed by atoms with Crippen LogP contribution >= 0.6 is 0 Å². The van der Waals surface area contributed by atoms with Crippen LogP contribution in [0.25, 0.3) is 0 Å². The molecule has 0 aliphatic carbocycles. The Kier molecular flexibility index (Phi) is 7.85. The van der Waals surface area contributed by atoms with Gasteiger partial charge in [0.25, 0.3) is 0 Å². The Hall–Kier alpha value is -1.64. The van der Waals surface area contributed by atoms with Crippen LogP contribution in [0.3, 0.4) is 0 Å². The van der Waals surface area contributed by atoms with Crippen molar-refractivity contribution in [2.75, 3.05) is 0 Å². The van der Waals surface area contributed by atoms with Crippen LogP contribution in [0, 0.1) is 17.8 Å². The van der Waals surface area contributed by atoms with Crippen LogP contribution in [0.5, 0.6) is 0 Å². The summed E-state index contributed by atoms with van der Waals surface area (Å²) in [7, 11) is 0. The first-order valence-corrected chi connectivity index (χ1v) is 13.1. The van der Waals surface area contributed by atoms with Crippen molar-refractivity contribution in [3.05, 3.63) is 24.4 Å². The van der Waals surface area contributed by atoms with Gasteiger partial charge in [-0.25, -0.2) is 0 Å². The van der Waals surface area contributed by atoms with E-state index >= 15 is 0 Å². The van der Waals surface area contributed by atoms with Crippen molar-refractivity contribution in [2.45, 2.75) is 41.5 Å². The number of hydrogen-bond acceptors (Lipinski definition) is 7. The summed E-state index contributed by atoms with van der Waals surface area (Å²) < 4.78 is 16.9. The molecular formula is C17H25NO6Sn. The molecular weight excluding hydrogens is 433 g/mol. The van der Waals surface area contributed by atoms with Crippen molar-refractivity contribution in [2.24, 2.45) is 17.8 Å². The van der Waals surface area contributed by atoms with Crippen LogP contribution < -0.4 is 3.71 Å². The third-order valence-corrected chi connectivity index (χ3v) is 9.76. The van der Waals surface area contributed by atoms with Crippen molar-refractivity contribution in [1.29, 1.82) is 0 Å². The van der Waals surface area contributed by atoms with E-state index in [0.29, 0.717) is 0 Å². The number of aromatic nitrogens is 1. The summed E-state index contributed by atoms with van der Waals surface area (Å²) in [6, 6.07) is 4.87. The maximum absolute atomic E-state index is 12.3. The Balaban J connectivity index is 3.41. The molecule has 138 valence electrons. The molecule has 1 rings (SSSR count). The molecule has 1 aromatic heterocycles. The molecule has 0 saturated carbocycles. The van der Waals surface area contributed by atoms with Gasteiger partial charge < -0.3 is 0 Å². The van der Waals surface area contributed by atoms with E-state index in [1.54, 1.807) is 59.7 Å². The van der Waals surface area contributed by atoms with Gasteiger partial charge in [-0.1, -0.05) is 0 Å². The normalized spacial score (nSPS) is 11.6. The first-order valence-electron chi connectivity index (χ1n) is 8.19. The van der Waals surface area contributed by atoms with E-state index in [-0.39, 0.29) is 3.71 Å². The Morgan fingerprint density at radius 2 is 1.20 bits per heavy atom. The first kappa shape index (κ1) is 21.4. The fourth-order valence-corrected chi connectivity index (χ4v) is 8.57. The fraction of sp³-hybridized carbons (Fsp3) is 0.529. The first-order chi connectivity index (χ1) is 11.6. The average molecular weight is 458 g/mol. The van der Waals surface area contributed by atoms with E-state index in [1.807, 2.05) is 0 Å². The fourth-order valence-electron chi connectivity index (χ4n) is 1.51. The molecule has 0 amide bonds. The average Bonchev–Trinajstić information content (AvgIpc) is 2.54. The van der Waals surface area contributed by atoms with Crippen LogP contribution in [0.15, 0.2) is 24.4 Å². The molecule has 7 nitrogen and oxygen atoms in total. The van der Waals surface area contributed by atoms with Gasteiger partial charge in [0.2, 0.25) is 0 Å². The Labute approximate surface area is 153 Å². The number of pyridine rings is 1. The van der Waals surface area contributed by atoms with Gasteiger partial charge in [-0.05, 0) is 0 Å². The third-order valence-electron chi connectivity index (χ3n) is 3.10. The summed E-state index contributed by atoms with van der Waals surface area (Å²) in [5, 5.41) is 0. The molecule has 0 aliphatic rings. The van der Waals surface area contributed by atoms with Gasteiger partial charge in [-0.3, -0.25) is 0 Å². The topological polar surface area (TPSA) is 91.8 Å². The van der Waals surface area contributed by atoms with Gasteiger partial charge in [-0.2, -0.15) is 0 Å². The van der Waals surface area contributed by atoms with E-state index in [0.717, 1.165) is 0 Å². The molecule has 0 fully saturated rings. The van der Waals surface area contributed by atoms with E-state index < -0.39 is 55.3 Å². The van der Waals surface area contributed by atoms with Gasteiger partial charge >= 0.3 is 154 Å². The number of rotatable bonds is 7. The monoisotopic (exact) mass is 459 g/mol. The van der Waals surface area contributed by atoms with Crippen LogP contribution in [0.4, 0.5) is 0 Å². The second-order valence-electron chi connectivity index (χ2n) is 6.50. The molecule has 0 radical (unpaired) electrons. The molecule has 0 bridgehead atoms. The van der Waals surface area contributed by atoms with Gasteiger partial charge in [0.1, 0.15) is 0 Å². The summed E-state index contributed by atoms with van der Waals surface area (Å²) in [4.78, 5) is 40.9. The Morgan fingerprint density at radius 1 is 0.800 bits per heavy atom. The minimum atomic E-state index is -5.16. The molecule has 0 saturated heterocycles. The molecule has 0 aliphatic heterocycles. The number of carbonyl (C=O) groups is 3. The Morgan fingerprint density at radius 3 is 1.48 bits per heavy atom. The molecule has 1 aromatic rings. The number of carbonyl (C=O) groups excluding carboxylic acids is 3. The quantitative estimate of drug-likeness (QED) is 0.576. The van der Waals surface area contributed by atoms with Crippen molar-refractivity contribution >= 4 is 41.2 Å². The van der Waals surface area contributed by atoms with Crippen molar-refractivity contribution in [1.82, 2.24) is 4.98 Å². The molecule has 0 N–H and O–H groups in total. The SMILES string of the molecule is CC(C)C(=O)[O][Sn]([O]C(=O)C(C)C)([O]C(=O)C(C)C)[c]1ccccn1. The predicted octanol–water partition coefficient (Wildman–Crippen LogP) is 1.83. The zero-order chi connectivity index (χ0) is 19.2. The van der Waals surface area contributed by atoms with Crippen LogP contribution in [-0.2, 0) is 23.6 Å². The zero-order valence-electron chi connectivity index (χ0n) is 15.4. The van der Waals surface area contributed by atoms with E-state index in [4.69, 9.17) is 9.22 Å². The second-order valence-corrected chi connectivity index (χ2v) is 12.9. The summed E-state index contributed by atoms with van der Waals surface area (Å²) in [5.74, 6) is -3.24. The van der Waals surface area contributed by atoms with E-state index in [1.165, 1.54) is 6.20 Å². The van der Waals surface area contributed by atoms with E-state index in [2.05, 4.69) is 4.98 Å². The second kappa shape index (κ2) is 9.17. The minimum absolute atomic E-state index is 0.203. The molecule has 0 unspecified atom stereocenters. The van der Waals surface area contributed by atoms with Crippen molar-refractivity contribution in [3.8, 4) is 0 Å². The summed E-state index contributed by atoms with van der Waals surface area (Å²) in [6.07, 6.45) is 1.47. The Bertz CT molecular complexity index is 560. The van der Waals surface area contributed by atoms with Gasteiger partial charge in [0.05, 0.1) is 0 Å². The summed E-state index contributed by atoms with van der Waals surface area (Å²) in [6.45, 7) is 9.87. The predicted molar refractivity (Wildman–Crippen MR) is 92.4 cm³/mol. The summed E-state index contributed by atoms with van der Waals surface area (Å²) in [5.41, 5.74) is 0. The van der Waals surface area contributed by atoms with E-state index in [9.17, 15) is 14.4 Å². The van der Waals surface area contributed by atoms with Crippen LogP contribution in [0.2, 0.25) is 0 Å². The standard InChI is InChI=1S/C5H4N.3C4H8O2.Sn/c1-2-4-6-5-3-1;3*1-3(2)4(5)6;/h1-4H;3*3H,1-2H3,(H,5,6);/q;;;;+3/p-3. The van der Waals surface area contributed by atoms with Crippen molar-refractivity contribution < 1.29 is 23.6 Å². The van der Waals surface area contributed by atoms with Crippen LogP contribution in [0.1, 0.15) is 41.5 Å². The molecule has 25 heavy (non-hydrogen) atoms. The molecule has 1 heterocycles. The summed E-state index contributed by atoms with van der Waals surface area (Å²) >= 11 is -5.16. The van der Waals surface area contributed by atoms with Gasteiger partial charge in [-0.15, -0.1) is 0 Å². The third kappa shape index (κ3) is 5.98. The molecule has 0 atom stereocenters. The number of hydrogen-bond donors (Lipinski definition) is 0. The van der Waals surface area contributed by atoms with Gasteiger partial charge in [0, 0.05) is 0 Å². The number of nitrogens with zero attached hydrogens (tertiary/aromatic N) is 1. The zero-order valence-corrected chi connectivity index (χ0v) is 18.3. The van der Waals surface area contributed by atoms with Gasteiger partial charge in [0.15, 0.2) is 0 Å².